The SMILES string of the molecule is O=C(NNC(=O)[C@@H]1CC[C@H]2CN1C(=O)N2OC(F)(F)C(=O)O)[C@@H]1CCCNC1. The molecule has 156 valence electrons. The third kappa shape index (κ3) is 3.99. The number of fused-ring (bicyclic) bond motifs is 2. The average Bonchev–Trinajstić information content (AvgIpc) is 2.91. The van der Waals surface area contributed by atoms with Crippen molar-refractivity contribution in [2.75, 3.05) is 19.6 Å². The van der Waals surface area contributed by atoms with Gasteiger partial charge in [0.25, 0.3) is 5.91 Å². The van der Waals surface area contributed by atoms with Gasteiger partial charge in [0.1, 0.15) is 6.04 Å². The van der Waals surface area contributed by atoms with Crippen LogP contribution in [0.15, 0.2) is 0 Å². The third-order valence-electron chi connectivity index (χ3n) is 5.06. The summed E-state index contributed by atoms with van der Waals surface area (Å²) in [5.41, 5.74) is 4.60. The summed E-state index contributed by atoms with van der Waals surface area (Å²) in [4.78, 5) is 52.4. The fraction of sp³-hybridized carbons (Fsp3) is 0.733. The van der Waals surface area contributed by atoms with E-state index in [1.165, 1.54) is 0 Å². The lowest BCUT2D eigenvalue weighted by Gasteiger charge is -2.29. The Bertz CT molecular complexity index is 671. The van der Waals surface area contributed by atoms with Crippen LogP contribution in [0.1, 0.15) is 25.7 Å². The van der Waals surface area contributed by atoms with Crippen LogP contribution in [-0.2, 0) is 19.2 Å². The van der Waals surface area contributed by atoms with Crippen molar-refractivity contribution in [3.63, 3.8) is 0 Å². The number of carboxylic acid groups (broad SMARTS) is 1. The Balaban J connectivity index is 1.56. The van der Waals surface area contributed by atoms with Crippen LogP contribution in [0.2, 0.25) is 0 Å². The van der Waals surface area contributed by atoms with Gasteiger partial charge in [-0.15, -0.1) is 0 Å². The number of nitrogens with zero attached hydrogens (tertiary/aromatic N) is 2. The molecule has 3 rings (SSSR count). The molecule has 4 amide bonds. The molecule has 0 aromatic rings. The molecule has 0 aliphatic carbocycles. The number of aliphatic carboxylic acids is 1. The van der Waals surface area contributed by atoms with Crippen molar-refractivity contribution < 1.29 is 37.9 Å². The number of hydrogen-bond donors (Lipinski definition) is 4. The van der Waals surface area contributed by atoms with Gasteiger partial charge in [-0.1, -0.05) is 0 Å². The van der Waals surface area contributed by atoms with Crippen molar-refractivity contribution in [3.8, 4) is 0 Å². The summed E-state index contributed by atoms with van der Waals surface area (Å²) < 4.78 is 26.6. The Labute approximate surface area is 158 Å². The van der Waals surface area contributed by atoms with Gasteiger partial charge in [-0.2, -0.15) is 18.7 Å². The molecule has 2 bridgehead atoms. The van der Waals surface area contributed by atoms with Crippen LogP contribution in [0.25, 0.3) is 0 Å². The summed E-state index contributed by atoms with van der Waals surface area (Å²) in [5.74, 6) is -3.81. The number of carboxylic acids is 1. The van der Waals surface area contributed by atoms with E-state index < -0.39 is 36.1 Å². The molecular weight excluding hydrogens is 384 g/mol. The van der Waals surface area contributed by atoms with Crippen LogP contribution in [0.3, 0.4) is 0 Å². The molecule has 3 fully saturated rings. The van der Waals surface area contributed by atoms with Crippen LogP contribution in [0.5, 0.6) is 0 Å². The van der Waals surface area contributed by atoms with Gasteiger partial charge in [-0.3, -0.25) is 20.4 Å². The second kappa shape index (κ2) is 7.83. The van der Waals surface area contributed by atoms with Crippen LogP contribution < -0.4 is 16.2 Å². The lowest BCUT2D eigenvalue weighted by Crippen LogP contribution is -2.55. The molecule has 3 aliphatic heterocycles. The molecule has 0 saturated carbocycles. The summed E-state index contributed by atoms with van der Waals surface area (Å²) in [6.07, 6.45) is -2.71. The number of amides is 4. The van der Waals surface area contributed by atoms with E-state index in [0.717, 1.165) is 17.9 Å². The summed E-state index contributed by atoms with van der Waals surface area (Å²) in [6, 6.07) is -2.79. The number of hydroxylamine groups is 2. The molecule has 13 heteroatoms. The maximum atomic E-state index is 13.3. The Kier molecular flexibility index (Phi) is 5.65. The van der Waals surface area contributed by atoms with E-state index in [4.69, 9.17) is 5.11 Å². The lowest BCUT2D eigenvalue weighted by atomic mass is 9.99. The van der Waals surface area contributed by atoms with Gasteiger partial charge in [0.2, 0.25) is 5.91 Å². The second-order valence-electron chi connectivity index (χ2n) is 6.94. The average molecular weight is 405 g/mol. The molecule has 0 aromatic heterocycles. The largest absolute Gasteiger partial charge is 0.476 e. The van der Waals surface area contributed by atoms with Crippen molar-refractivity contribution in [1.82, 2.24) is 26.1 Å². The molecule has 3 saturated heterocycles. The van der Waals surface area contributed by atoms with Crippen molar-refractivity contribution in [3.05, 3.63) is 0 Å². The fourth-order valence-electron chi connectivity index (χ4n) is 3.57. The molecule has 3 aliphatic rings. The number of alkyl halides is 2. The standard InChI is InChI=1S/C15H21F2N5O6/c16-15(17,13(25)26)28-22-9-3-4-10(21(7-9)14(22)27)12(24)20-19-11(23)8-2-1-5-18-6-8/h8-10,18H,1-7H2,(H,19,23)(H,20,24)(H,25,26)/t8-,9+,10+/m1/s1. The zero-order chi connectivity index (χ0) is 20.5. The number of urea groups is 1. The molecule has 4 N–H and O–H groups in total. The Morgan fingerprint density at radius 2 is 1.89 bits per heavy atom. The second-order valence-corrected chi connectivity index (χ2v) is 6.94. The highest BCUT2D eigenvalue weighted by molar-refractivity contribution is 5.90. The van der Waals surface area contributed by atoms with Gasteiger partial charge in [-0.25, -0.2) is 9.59 Å². The summed E-state index contributed by atoms with van der Waals surface area (Å²) in [7, 11) is 0. The smallest absolute Gasteiger partial charge is 0.475 e. The van der Waals surface area contributed by atoms with Gasteiger partial charge in [0.15, 0.2) is 0 Å². The van der Waals surface area contributed by atoms with Crippen molar-refractivity contribution in [2.45, 2.75) is 43.9 Å². The Hall–Kier alpha value is -2.54. The van der Waals surface area contributed by atoms with E-state index in [1.807, 2.05) is 0 Å². The van der Waals surface area contributed by atoms with E-state index in [1.54, 1.807) is 0 Å². The van der Waals surface area contributed by atoms with Gasteiger partial charge < -0.3 is 15.3 Å². The number of hydrazine groups is 1. The molecular formula is C15H21F2N5O6. The number of halogens is 2. The minimum absolute atomic E-state index is 0.0624. The lowest BCUT2D eigenvalue weighted by molar-refractivity contribution is -0.327. The first-order valence-electron chi connectivity index (χ1n) is 8.91. The molecule has 11 nitrogen and oxygen atoms in total. The molecule has 0 radical (unpaired) electrons. The normalized spacial score (nSPS) is 27.5. The van der Waals surface area contributed by atoms with Crippen LogP contribution in [-0.4, -0.2) is 76.7 Å². The van der Waals surface area contributed by atoms with E-state index in [2.05, 4.69) is 21.0 Å². The molecule has 0 aromatic carbocycles. The first-order valence-corrected chi connectivity index (χ1v) is 8.91. The maximum Gasteiger partial charge on any atom is 0.476 e. The van der Waals surface area contributed by atoms with Crippen molar-refractivity contribution >= 4 is 23.8 Å². The van der Waals surface area contributed by atoms with E-state index in [0.29, 0.717) is 18.0 Å². The van der Waals surface area contributed by atoms with Crippen molar-refractivity contribution in [1.29, 1.82) is 0 Å². The summed E-state index contributed by atoms with van der Waals surface area (Å²) >= 11 is 0. The van der Waals surface area contributed by atoms with E-state index in [9.17, 15) is 28.0 Å². The number of nitrogens with one attached hydrogen (secondary N) is 3. The molecule has 3 heterocycles. The minimum atomic E-state index is -4.56. The third-order valence-corrected chi connectivity index (χ3v) is 5.06. The summed E-state index contributed by atoms with van der Waals surface area (Å²) in [6.45, 7) is 1.27. The highest BCUT2D eigenvalue weighted by Crippen LogP contribution is 2.33. The monoisotopic (exact) mass is 405 g/mol. The highest BCUT2D eigenvalue weighted by Gasteiger charge is 2.53. The topological polar surface area (TPSA) is 140 Å². The zero-order valence-electron chi connectivity index (χ0n) is 14.8. The van der Waals surface area contributed by atoms with Crippen LogP contribution in [0, 0.1) is 5.92 Å². The first-order chi connectivity index (χ1) is 13.2. The minimum Gasteiger partial charge on any atom is -0.475 e. The molecule has 0 unspecified atom stereocenters. The van der Waals surface area contributed by atoms with E-state index >= 15 is 0 Å². The predicted molar refractivity (Wildman–Crippen MR) is 86.3 cm³/mol. The molecule has 28 heavy (non-hydrogen) atoms. The quantitative estimate of drug-likeness (QED) is 0.431. The maximum absolute atomic E-state index is 13.3. The molecule has 0 spiro atoms. The van der Waals surface area contributed by atoms with Gasteiger partial charge >= 0.3 is 18.1 Å². The Morgan fingerprint density at radius 3 is 2.54 bits per heavy atom. The number of piperidine rings is 2. The van der Waals surface area contributed by atoms with Gasteiger partial charge in [-0.05, 0) is 32.2 Å². The predicted octanol–water partition coefficient (Wildman–Crippen LogP) is -0.989. The first kappa shape index (κ1) is 20.2. The fourth-order valence-corrected chi connectivity index (χ4v) is 3.57. The van der Waals surface area contributed by atoms with Crippen LogP contribution >= 0.6 is 0 Å². The number of carbonyl (C=O) groups is 4. The summed E-state index contributed by atoms with van der Waals surface area (Å²) in [5, 5.41) is 11.9. The highest BCUT2D eigenvalue weighted by atomic mass is 19.3. The number of rotatable bonds is 5. The van der Waals surface area contributed by atoms with Crippen LogP contribution in [0.4, 0.5) is 13.6 Å². The van der Waals surface area contributed by atoms with Crippen molar-refractivity contribution in [2.24, 2.45) is 5.92 Å². The zero-order valence-corrected chi connectivity index (χ0v) is 14.8. The number of carbonyl (C=O) groups excluding carboxylic acids is 3. The number of hydrogen-bond acceptors (Lipinski definition) is 6. The molecule has 3 atom stereocenters. The van der Waals surface area contributed by atoms with E-state index in [-0.39, 0.29) is 31.2 Å². The Morgan fingerprint density at radius 1 is 1.18 bits per heavy atom. The van der Waals surface area contributed by atoms with Gasteiger partial charge in [0.05, 0.1) is 12.0 Å². The van der Waals surface area contributed by atoms with Gasteiger partial charge in [0, 0.05) is 13.1 Å².